The molecule has 7 heteroatoms. The number of amides is 1. The summed E-state index contributed by atoms with van der Waals surface area (Å²) < 4.78 is 32.0. The van der Waals surface area contributed by atoms with Crippen molar-refractivity contribution in [2.24, 2.45) is 0 Å². The summed E-state index contributed by atoms with van der Waals surface area (Å²) in [4.78, 5) is 12.6. The molecule has 1 amide bonds. The fraction of sp³-hybridized carbons (Fsp3) is 0.611. The van der Waals surface area contributed by atoms with Gasteiger partial charge in [-0.1, -0.05) is 46.5 Å². The first-order valence-corrected chi connectivity index (χ1v) is 11.0. The monoisotopic (exact) mass is 433 g/mol. The molecule has 0 fully saturated rings. The second kappa shape index (κ2) is 9.57. The maximum Gasteiger partial charge on any atom is 0.424 e. The first-order valence-electron chi connectivity index (χ1n) is 8.46. The van der Waals surface area contributed by atoms with Crippen molar-refractivity contribution in [1.29, 1.82) is 0 Å². The van der Waals surface area contributed by atoms with Gasteiger partial charge in [0.25, 0.3) is 10.0 Å². The van der Waals surface area contributed by atoms with Crippen molar-refractivity contribution < 1.29 is 17.9 Å². The highest BCUT2D eigenvalue weighted by Crippen LogP contribution is 2.21. The molecule has 0 aliphatic heterocycles. The Morgan fingerprint density at radius 2 is 1.64 bits per heavy atom. The number of hydrogen-bond donors (Lipinski definition) is 0. The predicted octanol–water partition coefficient (Wildman–Crippen LogP) is 4.88. The summed E-state index contributed by atoms with van der Waals surface area (Å²) in [7, 11) is -3.93. The molecule has 0 aromatic heterocycles. The second-order valence-electron chi connectivity index (χ2n) is 6.97. The van der Waals surface area contributed by atoms with Gasteiger partial charge in [0.2, 0.25) is 0 Å². The van der Waals surface area contributed by atoms with Gasteiger partial charge >= 0.3 is 6.09 Å². The Hall–Kier alpha value is -1.08. The second-order valence-corrected chi connectivity index (χ2v) is 9.63. The van der Waals surface area contributed by atoms with E-state index >= 15 is 0 Å². The third kappa shape index (κ3) is 7.36. The lowest BCUT2D eigenvalue weighted by Crippen LogP contribution is -2.41. The van der Waals surface area contributed by atoms with E-state index in [0.29, 0.717) is 6.42 Å². The Labute approximate surface area is 159 Å². The lowest BCUT2D eigenvalue weighted by atomic mass is 10.2. The summed E-state index contributed by atoms with van der Waals surface area (Å²) in [5.41, 5.74) is 0.200. The topological polar surface area (TPSA) is 63.7 Å². The van der Waals surface area contributed by atoms with Crippen LogP contribution in [0.2, 0.25) is 0 Å². The number of ether oxygens (including phenoxy) is 1. The van der Waals surface area contributed by atoms with Crippen LogP contribution in [0.5, 0.6) is 0 Å². The van der Waals surface area contributed by atoms with Crippen LogP contribution in [0.25, 0.3) is 0 Å². The van der Waals surface area contributed by atoms with Gasteiger partial charge in [0, 0.05) is 11.9 Å². The van der Waals surface area contributed by atoms with E-state index < -0.39 is 21.7 Å². The third-order valence-corrected chi connectivity index (χ3v) is 5.79. The van der Waals surface area contributed by atoms with Crippen LogP contribution in [0.15, 0.2) is 29.2 Å². The van der Waals surface area contributed by atoms with Crippen molar-refractivity contribution in [3.8, 4) is 0 Å². The molecule has 1 aromatic carbocycles. The average Bonchev–Trinajstić information content (AvgIpc) is 2.49. The van der Waals surface area contributed by atoms with Crippen LogP contribution in [0.1, 0.15) is 52.0 Å². The minimum absolute atomic E-state index is 0.101. The van der Waals surface area contributed by atoms with E-state index in [4.69, 9.17) is 4.74 Å². The van der Waals surface area contributed by atoms with Crippen LogP contribution >= 0.6 is 15.9 Å². The molecular weight excluding hydrogens is 406 g/mol. The Morgan fingerprint density at radius 1 is 1.08 bits per heavy atom. The molecule has 0 saturated heterocycles. The summed E-state index contributed by atoms with van der Waals surface area (Å²) in [5, 5.41) is 0.921. The van der Waals surface area contributed by atoms with Crippen molar-refractivity contribution in [3.63, 3.8) is 0 Å². The summed E-state index contributed by atoms with van der Waals surface area (Å²) in [6, 6.07) is 6.48. The molecular formula is C18H28BrNO4S. The number of hydrogen-bond acceptors (Lipinski definition) is 4. The van der Waals surface area contributed by atoms with Crippen LogP contribution in [0.4, 0.5) is 4.79 Å². The maximum atomic E-state index is 12.9. The van der Waals surface area contributed by atoms with E-state index in [-0.39, 0.29) is 11.4 Å². The summed E-state index contributed by atoms with van der Waals surface area (Å²) >= 11 is 3.37. The molecule has 0 bridgehead atoms. The van der Waals surface area contributed by atoms with E-state index in [0.717, 1.165) is 34.5 Å². The van der Waals surface area contributed by atoms with Crippen LogP contribution in [-0.2, 0) is 14.8 Å². The van der Waals surface area contributed by atoms with E-state index in [1.165, 1.54) is 12.1 Å². The average molecular weight is 434 g/mol. The van der Waals surface area contributed by atoms with Crippen molar-refractivity contribution in [1.82, 2.24) is 4.31 Å². The molecule has 0 aliphatic rings. The van der Waals surface area contributed by atoms with Gasteiger partial charge in [-0.05, 0) is 52.7 Å². The number of alkyl halides is 1. The Kier molecular flexibility index (Phi) is 8.41. The molecule has 0 atom stereocenters. The number of benzene rings is 1. The highest BCUT2D eigenvalue weighted by atomic mass is 79.9. The van der Waals surface area contributed by atoms with E-state index in [1.54, 1.807) is 32.9 Å². The first kappa shape index (κ1) is 22.0. The first-order chi connectivity index (χ1) is 11.6. The largest absolute Gasteiger partial charge is 0.443 e. The van der Waals surface area contributed by atoms with Gasteiger partial charge in [-0.25, -0.2) is 17.5 Å². The SMILES string of the molecule is Cc1ccc(S(=O)(=O)N(CCCCCCBr)C(=O)OC(C)(C)C)cc1. The van der Waals surface area contributed by atoms with E-state index in [2.05, 4.69) is 15.9 Å². The van der Waals surface area contributed by atoms with Gasteiger partial charge in [-0.3, -0.25) is 0 Å². The smallest absolute Gasteiger partial charge is 0.424 e. The molecule has 0 radical (unpaired) electrons. The number of halogens is 1. The zero-order valence-electron chi connectivity index (χ0n) is 15.4. The molecule has 142 valence electrons. The third-order valence-electron chi connectivity index (χ3n) is 3.45. The number of nitrogens with zero attached hydrogens (tertiary/aromatic N) is 1. The van der Waals surface area contributed by atoms with Crippen LogP contribution in [0.3, 0.4) is 0 Å². The minimum Gasteiger partial charge on any atom is -0.443 e. The zero-order valence-corrected chi connectivity index (χ0v) is 17.8. The summed E-state index contributed by atoms with van der Waals surface area (Å²) in [6.07, 6.45) is 2.65. The lowest BCUT2D eigenvalue weighted by molar-refractivity contribution is 0.0389. The van der Waals surface area contributed by atoms with Crippen LogP contribution in [0, 0.1) is 6.92 Å². The molecule has 1 rings (SSSR count). The van der Waals surface area contributed by atoms with Gasteiger partial charge in [-0.2, -0.15) is 0 Å². The molecule has 0 unspecified atom stereocenters. The number of carbonyl (C=O) groups is 1. The maximum absolute atomic E-state index is 12.9. The number of unbranched alkanes of at least 4 members (excludes halogenated alkanes) is 3. The van der Waals surface area contributed by atoms with Crippen molar-refractivity contribution in [2.45, 2.75) is 63.9 Å². The fourth-order valence-corrected chi connectivity index (χ4v) is 3.90. The van der Waals surface area contributed by atoms with Crippen molar-refractivity contribution in [3.05, 3.63) is 29.8 Å². The zero-order chi connectivity index (χ0) is 19.1. The molecule has 0 N–H and O–H groups in total. The molecule has 5 nitrogen and oxygen atoms in total. The summed E-state index contributed by atoms with van der Waals surface area (Å²) in [5.74, 6) is 0. The van der Waals surface area contributed by atoms with Crippen molar-refractivity contribution in [2.75, 3.05) is 11.9 Å². The van der Waals surface area contributed by atoms with E-state index in [1.807, 2.05) is 6.92 Å². The highest BCUT2D eigenvalue weighted by molar-refractivity contribution is 9.09. The number of rotatable bonds is 8. The Morgan fingerprint density at radius 3 is 2.16 bits per heavy atom. The highest BCUT2D eigenvalue weighted by Gasteiger charge is 2.32. The quantitative estimate of drug-likeness (QED) is 0.432. The minimum atomic E-state index is -3.93. The number of carbonyl (C=O) groups excluding carboxylic acids is 1. The number of sulfonamides is 1. The molecule has 0 aliphatic carbocycles. The Bertz CT molecular complexity index is 651. The fourth-order valence-electron chi connectivity index (χ4n) is 2.16. The van der Waals surface area contributed by atoms with Gasteiger partial charge in [0.1, 0.15) is 5.60 Å². The summed E-state index contributed by atoms with van der Waals surface area (Å²) in [6.45, 7) is 7.16. The van der Waals surface area contributed by atoms with Gasteiger partial charge < -0.3 is 4.74 Å². The normalized spacial score (nSPS) is 12.0. The van der Waals surface area contributed by atoms with Crippen LogP contribution < -0.4 is 0 Å². The van der Waals surface area contributed by atoms with Gasteiger partial charge in [-0.15, -0.1) is 0 Å². The number of aryl methyl sites for hydroxylation is 1. The molecule has 0 heterocycles. The molecule has 25 heavy (non-hydrogen) atoms. The standard InChI is InChI=1S/C18H28BrNO4S/c1-15-9-11-16(12-10-15)25(22,23)20(14-8-6-5-7-13-19)17(21)24-18(2,3)4/h9-12H,5-8,13-14H2,1-4H3. The van der Waals surface area contributed by atoms with Crippen LogP contribution in [-0.4, -0.2) is 36.3 Å². The van der Waals surface area contributed by atoms with E-state index in [9.17, 15) is 13.2 Å². The molecule has 0 saturated carbocycles. The Balaban J connectivity index is 2.99. The molecule has 0 spiro atoms. The van der Waals surface area contributed by atoms with Gasteiger partial charge in [0.05, 0.1) is 4.90 Å². The lowest BCUT2D eigenvalue weighted by Gasteiger charge is -2.27. The predicted molar refractivity (Wildman–Crippen MR) is 104 cm³/mol. The van der Waals surface area contributed by atoms with Gasteiger partial charge in [0.15, 0.2) is 0 Å². The molecule has 1 aromatic rings. The van der Waals surface area contributed by atoms with Crippen molar-refractivity contribution >= 4 is 32.0 Å².